The van der Waals surface area contributed by atoms with Crippen LogP contribution in [-0.4, -0.2) is 36.3 Å². The average Bonchev–Trinajstić information content (AvgIpc) is 3.13. The summed E-state index contributed by atoms with van der Waals surface area (Å²) >= 11 is 1.07. The van der Waals surface area contributed by atoms with E-state index in [9.17, 15) is 18.0 Å². The number of thiazole rings is 1. The fourth-order valence-electron chi connectivity index (χ4n) is 4.26. The molecule has 1 N–H and O–H groups in total. The number of carbonyl (C=O) groups excluding carboxylic acids is 1. The largest absolute Gasteiger partial charge is 0.326 e. The Balaban J connectivity index is 1.44. The summed E-state index contributed by atoms with van der Waals surface area (Å²) in [6, 6.07) is 12.7. The number of carbonyl (C=O) groups is 1. The molecule has 2 heterocycles. The maximum absolute atomic E-state index is 13.2. The summed E-state index contributed by atoms with van der Waals surface area (Å²) in [5.41, 5.74) is 2.70. The van der Waals surface area contributed by atoms with Crippen molar-refractivity contribution >= 4 is 43.2 Å². The molecular formula is C24H29N3O4S2. The van der Waals surface area contributed by atoms with Gasteiger partial charge in [-0.05, 0) is 61.6 Å². The van der Waals surface area contributed by atoms with E-state index in [1.54, 1.807) is 22.8 Å². The van der Waals surface area contributed by atoms with Crippen molar-refractivity contribution in [2.75, 3.05) is 18.4 Å². The molecular weight excluding hydrogens is 458 g/mol. The predicted molar refractivity (Wildman–Crippen MR) is 132 cm³/mol. The Bertz CT molecular complexity index is 1320. The lowest BCUT2D eigenvalue weighted by atomic mass is 9.97. The van der Waals surface area contributed by atoms with Gasteiger partial charge in [-0.25, -0.2) is 8.42 Å². The highest BCUT2D eigenvalue weighted by atomic mass is 32.2. The van der Waals surface area contributed by atoms with E-state index in [0.717, 1.165) is 40.9 Å². The Morgan fingerprint density at radius 2 is 1.88 bits per heavy atom. The summed E-state index contributed by atoms with van der Waals surface area (Å²) in [4.78, 5) is 25.1. The first-order valence-corrected chi connectivity index (χ1v) is 13.6. The van der Waals surface area contributed by atoms with Gasteiger partial charge in [-0.1, -0.05) is 37.3 Å². The maximum Gasteiger partial charge on any atom is 0.308 e. The molecule has 33 heavy (non-hydrogen) atoms. The smallest absolute Gasteiger partial charge is 0.308 e. The normalized spacial score (nSPS) is 15.7. The van der Waals surface area contributed by atoms with E-state index in [1.165, 1.54) is 4.31 Å². The van der Waals surface area contributed by atoms with Crippen LogP contribution in [0.15, 0.2) is 52.2 Å². The number of nitrogens with zero attached hydrogens (tertiary/aromatic N) is 2. The standard InChI is InChI=1S/C24H29N3O4S2/c1-3-12-27-21-9-8-20(16-22(21)32-24(27)29)33(30,31)26-13-10-18(11-14-26)23(28)25-19-7-5-6-17(4-2)15-19/h5-9,15-16,18H,3-4,10-14H2,1-2H3,(H,25,28). The van der Waals surface area contributed by atoms with Crippen LogP contribution >= 0.6 is 11.3 Å². The fourth-order valence-corrected chi connectivity index (χ4v) is 6.79. The van der Waals surface area contributed by atoms with Crippen LogP contribution in [0.3, 0.4) is 0 Å². The number of hydrogen-bond acceptors (Lipinski definition) is 5. The van der Waals surface area contributed by atoms with Gasteiger partial charge in [-0.2, -0.15) is 4.31 Å². The minimum absolute atomic E-state index is 0.0660. The number of hydrogen-bond donors (Lipinski definition) is 1. The Kier molecular flexibility index (Phi) is 7.02. The van der Waals surface area contributed by atoms with Crippen LogP contribution in [0.25, 0.3) is 10.2 Å². The molecule has 0 aliphatic carbocycles. The maximum atomic E-state index is 13.2. The highest BCUT2D eigenvalue weighted by Crippen LogP contribution is 2.28. The lowest BCUT2D eigenvalue weighted by molar-refractivity contribution is -0.120. The molecule has 1 aliphatic rings. The van der Waals surface area contributed by atoms with Gasteiger partial charge >= 0.3 is 4.87 Å². The van der Waals surface area contributed by atoms with E-state index >= 15 is 0 Å². The SMILES string of the molecule is CCCn1c(=O)sc2cc(S(=O)(=O)N3CCC(C(=O)Nc4cccc(CC)c4)CC3)ccc21. The molecule has 0 radical (unpaired) electrons. The van der Waals surface area contributed by atoms with Crippen molar-refractivity contribution in [1.29, 1.82) is 0 Å². The number of aryl methyl sites for hydroxylation is 2. The quantitative estimate of drug-likeness (QED) is 0.544. The molecule has 0 bridgehead atoms. The van der Waals surface area contributed by atoms with Crippen molar-refractivity contribution in [2.24, 2.45) is 5.92 Å². The Labute approximate surface area is 198 Å². The third-order valence-electron chi connectivity index (χ3n) is 6.15. The minimum atomic E-state index is -3.69. The van der Waals surface area contributed by atoms with E-state index in [-0.39, 0.29) is 21.6 Å². The summed E-state index contributed by atoms with van der Waals surface area (Å²) in [7, 11) is -3.69. The summed E-state index contributed by atoms with van der Waals surface area (Å²) in [5.74, 6) is -0.290. The predicted octanol–water partition coefficient (Wildman–Crippen LogP) is 4.07. The molecule has 3 aromatic rings. The lowest BCUT2D eigenvalue weighted by Crippen LogP contribution is -2.41. The number of piperidine rings is 1. The van der Waals surface area contributed by atoms with Gasteiger partial charge in [0.2, 0.25) is 15.9 Å². The topological polar surface area (TPSA) is 88.5 Å². The molecule has 9 heteroatoms. The summed E-state index contributed by atoms with van der Waals surface area (Å²) in [5, 5.41) is 2.97. The number of anilines is 1. The number of sulfonamides is 1. The molecule has 1 fully saturated rings. The third-order valence-corrected chi connectivity index (χ3v) is 8.99. The van der Waals surface area contributed by atoms with E-state index < -0.39 is 10.0 Å². The zero-order valence-electron chi connectivity index (χ0n) is 18.9. The van der Waals surface area contributed by atoms with Gasteiger partial charge in [0.15, 0.2) is 0 Å². The van der Waals surface area contributed by atoms with Gasteiger partial charge in [-0.3, -0.25) is 14.2 Å². The summed E-state index contributed by atoms with van der Waals surface area (Å²) < 4.78 is 30.3. The molecule has 1 aromatic heterocycles. The number of rotatable bonds is 7. The minimum Gasteiger partial charge on any atom is -0.326 e. The van der Waals surface area contributed by atoms with Crippen LogP contribution in [0.4, 0.5) is 5.69 Å². The highest BCUT2D eigenvalue weighted by Gasteiger charge is 2.32. The van der Waals surface area contributed by atoms with Crippen LogP contribution < -0.4 is 10.2 Å². The van der Waals surface area contributed by atoms with Gasteiger partial charge in [0.1, 0.15) is 0 Å². The van der Waals surface area contributed by atoms with Gasteiger partial charge in [0.25, 0.3) is 0 Å². The zero-order valence-corrected chi connectivity index (χ0v) is 20.5. The lowest BCUT2D eigenvalue weighted by Gasteiger charge is -2.30. The Hall–Kier alpha value is -2.49. The molecule has 1 saturated heterocycles. The summed E-state index contributed by atoms with van der Waals surface area (Å²) in [6.07, 6.45) is 2.67. The van der Waals surface area contributed by atoms with Crippen LogP contribution in [0.2, 0.25) is 0 Å². The second-order valence-corrected chi connectivity index (χ2v) is 11.3. The van der Waals surface area contributed by atoms with Crippen molar-refractivity contribution in [3.63, 3.8) is 0 Å². The van der Waals surface area contributed by atoms with Crippen LogP contribution in [0, 0.1) is 5.92 Å². The van der Waals surface area contributed by atoms with E-state index in [4.69, 9.17) is 0 Å². The first-order valence-electron chi connectivity index (χ1n) is 11.4. The first-order chi connectivity index (χ1) is 15.8. The van der Waals surface area contributed by atoms with Crippen LogP contribution in [0.5, 0.6) is 0 Å². The molecule has 7 nitrogen and oxygen atoms in total. The molecule has 0 atom stereocenters. The summed E-state index contributed by atoms with van der Waals surface area (Å²) in [6.45, 7) is 5.26. The number of nitrogens with one attached hydrogen (secondary N) is 1. The first kappa shape index (κ1) is 23.7. The van der Waals surface area contributed by atoms with Gasteiger partial charge in [0.05, 0.1) is 15.1 Å². The van der Waals surface area contributed by atoms with Crippen molar-refractivity contribution in [3.05, 3.63) is 57.7 Å². The van der Waals surface area contributed by atoms with Crippen molar-refractivity contribution in [2.45, 2.75) is 51.0 Å². The zero-order chi connectivity index (χ0) is 23.6. The van der Waals surface area contributed by atoms with E-state index in [0.29, 0.717) is 37.2 Å². The van der Waals surface area contributed by atoms with Crippen LogP contribution in [0.1, 0.15) is 38.7 Å². The molecule has 0 spiro atoms. The average molecular weight is 488 g/mol. The Morgan fingerprint density at radius 3 is 2.58 bits per heavy atom. The molecule has 2 aromatic carbocycles. The number of amides is 1. The molecule has 0 saturated carbocycles. The monoisotopic (exact) mass is 487 g/mol. The molecule has 1 aliphatic heterocycles. The van der Waals surface area contributed by atoms with Gasteiger partial charge in [-0.15, -0.1) is 0 Å². The van der Waals surface area contributed by atoms with E-state index in [2.05, 4.69) is 12.2 Å². The number of fused-ring (bicyclic) bond motifs is 1. The molecule has 0 unspecified atom stereocenters. The molecule has 1 amide bonds. The highest BCUT2D eigenvalue weighted by molar-refractivity contribution is 7.89. The number of aromatic nitrogens is 1. The van der Waals surface area contributed by atoms with Crippen molar-refractivity contribution < 1.29 is 13.2 Å². The number of benzene rings is 2. The molecule has 176 valence electrons. The van der Waals surface area contributed by atoms with Gasteiger partial charge in [0, 0.05) is 31.2 Å². The third kappa shape index (κ3) is 4.90. The van der Waals surface area contributed by atoms with Crippen LogP contribution in [-0.2, 0) is 27.8 Å². The van der Waals surface area contributed by atoms with Crippen molar-refractivity contribution in [1.82, 2.24) is 8.87 Å². The van der Waals surface area contributed by atoms with Gasteiger partial charge < -0.3 is 5.32 Å². The molecule has 4 rings (SSSR count). The fraction of sp³-hybridized carbons (Fsp3) is 0.417. The second kappa shape index (κ2) is 9.79. The van der Waals surface area contributed by atoms with E-state index in [1.807, 2.05) is 31.2 Å². The van der Waals surface area contributed by atoms with Crippen molar-refractivity contribution in [3.8, 4) is 0 Å². The second-order valence-electron chi connectivity index (χ2n) is 8.37. The Morgan fingerprint density at radius 1 is 1.12 bits per heavy atom.